The van der Waals surface area contributed by atoms with Gasteiger partial charge >= 0.3 is 5.97 Å². The van der Waals surface area contributed by atoms with E-state index in [1.54, 1.807) is 0 Å². The van der Waals surface area contributed by atoms with Crippen molar-refractivity contribution in [3.05, 3.63) is 26.6 Å². The predicted molar refractivity (Wildman–Crippen MR) is 80.0 cm³/mol. The summed E-state index contributed by atoms with van der Waals surface area (Å²) >= 11 is 6.60. The van der Waals surface area contributed by atoms with Gasteiger partial charge in [0.15, 0.2) is 0 Å². The van der Waals surface area contributed by atoms with Crippen LogP contribution >= 0.6 is 31.9 Å². The number of hydrogen-bond acceptors (Lipinski definition) is 3. The van der Waals surface area contributed by atoms with Crippen LogP contribution in [-0.2, 0) is 4.74 Å². The number of halogens is 2. The first kappa shape index (κ1) is 16.5. The Balaban J connectivity index is 2.52. The molecule has 0 spiro atoms. The minimum absolute atomic E-state index is 0.199. The minimum Gasteiger partial charge on any atom is -0.489 e. The van der Waals surface area contributed by atoms with Crippen LogP contribution in [0.25, 0.3) is 0 Å². The van der Waals surface area contributed by atoms with Gasteiger partial charge in [0.25, 0.3) is 0 Å². The van der Waals surface area contributed by atoms with Crippen LogP contribution in [0.4, 0.5) is 0 Å². The molecule has 1 N–H and O–H groups in total. The van der Waals surface area contributed by atoms with E-state index in [9.17, 15) is 4.79 Å². The molecule has 0 bridgehead atoms. The van der Waals surface area contributed by atoms with Gasteiger partial charge in [-0.2, -0.15) is 0 Å². The molecule has 0 radical (unpaired) electrons. The quantitative estimate of drug-likeness (QED) is 0.673. The van der Waals surface area contributed by atoms with E-state index < -0.39 is 5.97 Å². The largest absolute Gasteiger partial charge is 0.489 e. The molecule has 0 saturated heterocycles. The van der Waals surface area contributed by atoms with Crippen molar-refractivity contribution in [2.45, 2.75) is 19.8 Å². The van der Waals surface area contributed by atoms with Crippen LogP contribution < -0.4 is 4.74 Å². The molecule has 0 atom stereocenters. The minimum atomic E-state index is -0.976. The number of hydrogen-bond donors (Lipinski definition) is 1. The molecule has 106 valence electrons. The lowest BCUT2D eigenvalue weighted by molar-refractivity contribution is 0.0696. The van der Waals surface area contributed by atoms with Crippen LogP contribution in [0.3, 0.4) is 0 Å². The lowest BCUT2D eigenvalue weighted by atomic mass is 10.2. The number of rotatable bonds is 8. The van der Waals surface area contributed by atoms with Crippen molar-refractivity contribution in [2.24, 2.45) is 0 Å². The van der Waals surface area contributed by atoms with Gasteiger partial charge in [0, 0.05) is 6.61 Å². The van der Waals surface area contributed by atoms with Gasteiger partial charge in [-0.05, 0) is 50.4 Å². The van der Waals surface area contributed by atoms with Crippen molar-refractivity contribution < 1.29 is 19.4 Å². The van der Waals surface area contributed by atoms with Gasteiger partial charge in [-0.15, -0.1) is 0 Å². The number of ether oxygens (including phenoxy) is 2. The summed E-state index contributed by atoms with van der Waals surface area (Å²) in [4.78, 5) is 10.9. The maximum atomic E-state index is 10.9. The van der Waals surface area contributed by atoms with E-state index in [4.69, 9.17) is 14.6 Å². The average Bonchev–Trinajstić information content (AvgIpc) is 2.35. The Labute approximate surface area is 129 Å². The monoisotopic (exact) mass is 394 g/mol. The zero-order valence-electron chi connectivity index (χ0n) is 10.6. The molecule has 1 rings (SSSR count). The Bertz CT molecular complexity index is 412. The molecule has 0 amide bonds. The Morgan fingerprint density at radius 3 is 2.37 bits per heavy atom. The third-order valence-electron chi connectivity index (χ3n) is 2.36. The first-order chi connectivity index (χ1) is 9.06. The Morgan fingerprint density at radius 2 is 1.84 bits per heavy atom. The highest BCUT2D eigenvalue weighted by molar-refractivity contribution is 9.11. The molecule has 0 saturated carbocycles. The van der Waals surface area contributed by atoms with E-state index in [2.05, 4.69) is 38.8 Å². The Hall–Kier alpha value is -0.590. The van der Waals surface area contributed by atoms with E-state index in [-0.39, 0.29) is 5.56 Å². The molecular weight excluding hydrogens is 380 g/mol. The molecule has 0 aliphatic heterocycles. The smallest absolute Gasteiger partial charge is 0.335 e. The summed E-state index contributed by atoms with van der Waals surface area (Å²) in [6.07, 6.45) is 2.15. The van der Waals surface area contributed by atoms with Crippen molar-refractivity contribution in [2.75, 3.05) is 19.8 Å². The number of unbranched alkanes of at least 4 members (excludes halogenated alkanes) is 1. The van der Waals surface area contributed by atoms with Crippen LogP contribution in [0.15, 0.2) is 21.1 Å². The number of carboxylic acid groups (broad SMARTS) is 1. The molecule has 0 heterocycles. The summed E-state index contributed by atoms with van der Waals surface area (Å²) in [7, 11) is 0. The molecular formula is C13H16Br2O4. The molecule has 0 aromatic heterocycles. The Kier molecular flexibility index (Phi) is 7.41. The molecule has 19 heavy (non-hydrogen) atoms. The lowest BCUT2D eigenvalue weighted by Crippen LogP contribution is -2.08. The second-order valence-corrected chi connectivity index (χ2v) is 5.60. The summed E-state index contributed by atoms with van der Waals surface area (Å²) in [5.41, 5.74) is 0.199. The highest BCUT2D eigenvalue weighted by Crippen LogP contribution is 2.34. The molecule has 1 aromatic rings. The summed E-state index contributed by atoms with van der Waals surface area (Å²) in [6.45, 7) is 3.78. The third-order valence-corrected chi connectivity index (χ3v) is 3.54. The summed E-state index contributed by atoms with van der Waals surface area (Å²) in [5.74, 6) is -0.389. The number of aromatic carboxylic acids is 1. The van der Waals surface area contributed by atoms with Crippen LogP contribution in [0.1, 0.15) is 30.1 Å². The maximum absolute atomic E-state index is 10.9. The second-order valence-electron chi connectivity index (χ2n) is 3.89. The Morgan fingerprint density at radius 1 is 1.21 bits per heavy atom. The molecule has 0 fully saturated rings. The van der Waals surface area contributed by atoms with Gasteiger partial charge < -0.3 is 14.6 Å². The number of carbonyl (C=O) groups is 1. The zero-order chi connectivity index (χ0) is 14.3. The van der Waals surface area contributed by atoms with Crippen LogP contribution in [0, 0.1) is 0 Å². The highest BCUT2D eigenvalue weighted by Gasteiger charge is 2.12. The van der Waals surface area contributed by atoms with Crippen LogP contribution in [0.2, 0.25) is 0 Å². The van der Waals surface area contributed by atoms with Gasteiger partial charge in [0.05, 0.1) is 21.1 Å². The van der Waals surface area contributed by atoms with Crippen molar-refractivity contribution in [1.29, 1.82) is 0 Å². The lowest BCUT2D eigenvalue weighted by Gasteiger charge is -2.11. The molecule has 4 nitrogen and oxygen atoms in total. The van der Waals surface area contributed by atoms with Crippen molar-refractivity contribution >= 4 is 37.8 Å². The summed E-state index contributed by atoms with van der Waals surface area (Å²) in [5, 5.41) is 8.92. The fourth-order valence-electron chi connectivity index (χ4n) is 1.37. The van der Waals surface area contributed by atoms with Crippen LogP contribution in [-0.4, -0.2) is 30.9 Å². The number of benzene rings is 1. The van der Waals surface area contributed by atoms with E-state index >= 15 is 0 Å². The third kappa shape index (κ3) is 5.50. The average molecular weight is 396 g/mol. The van der Waals surface area contributed by atoms with E-state index in [0.717, 1.165) is 19.4 Å². The summed E-state index contributed by atoms with van der Waals surface area (Å²) in [6, 6.07) is 3.03. The zero-order valence-corrected chi connectivity index (χ0v) is 13.8. The SMILES string of the molecule is CCCCOCCOc1c(Br)cc(C(=O)O)cc1Br. The topological polar surface area (TPSA) is 55.8 Å². The molecule has 6 heteroatoms. The molecule has 1 aromatic carbocycles. The van der Waals surface area contributed by atoms with Crippen LogP contribution in [0.5, 0.6) is 5.75 Å². The van der Waals surface area contributed by atoms with E-state index in [1.165, 1.54) is 12.1 Å². The fourth-order valence-corrected chi connectivity index (χ4v) is 2.79. The highest BCUT2D eigenvalue weighted by atomic mass is 79.9. The van der Waals surface area contributed by atoms with E-state index in [1.807, 2.05) is 0 Å². The van der Waals surface area contributed by atoms with Crippen molar-refractivity contribution in [3.63, 3.8) is 0 Å². The van der Waals surface area contributed by atoms with Crippen molar-refractivity contribution in [3.8, 4) is 5.75 Å². The molecule has 0 aliphatic carbocycles. The van der Waals surface area contributed by atoms with Gasteiger partial charge in [0.1, 0.15) is 12.4 Å². The van der Waals surface area contributed by atoms with Crippen molar-refractivity contribution in [1.82, 2.24) is 0 Å². The normalized spacial score (nSPS) is 10.5. The fraction of sp³-hybridized carbons (Fsp3) is 0.462. The standard InChI is InChI=1S/C13H16Br2O4/c1-2-3-4-18-5-6-19-12-10(14)7-9(13(16)17)8-11(12)15/h7-8H,2-6H2,1H3,(H,16,17). The van der Waals surface area contributed by atoms with E-state index in [0.29, 0.717) is 27.9 Å². The molecule has 0 unspecified atom stereocenters. The maximum Gasteiger partial charge on any atom is 0.335 e. The first-order valence-corrected chi connectivity index (χ1v) is 7.57. The number of carboxylic acids is 1. The van der Waals surface area contributed by atoms with Gasteiger partial charge in [-0.25, -0.2) is 4.79 Å². The molecule has 0 aliphatic rings. The summed E-state index contributed by atoms with van der Waals surface area (Å²) < 4.78 is 12.2. The van der Waals surface area contributed by atoms with Gasteiger partial charge in [0.2, 0.25) is 0 Å². The second kappa shape index (κ2) is 8.55. The first-order valence-electron chi connectivity index (χ1n) is 5.99. The van der Waals surface area contributed by atoms with Gasteiger partial charge in [-0.1, -0.05) is 13.3 Å². The predicted octanol–water partition coefficient (Wildman–Crippen LogP) is 4.11. The van der Waals surface area contributed by atoms with Gasteiger partial charge in [-0.3, -0.25) is 0 Å².